The highest BCUT2D eigenvalue weighted by atomic mass is 16.2. The van der Waals surface area contributed by atoms with Gasteiger partial charge >= 0.3 is 0 Å². The zero-order valence-electron chi connectivity index (χ0n) is 18.8. The zero-order valence-corrected chi connectivity index (χ0v) is 18.8. The van der Waals surface area contributed by atoms with Crippen molar-refractivity contribution in [3.8, 4) is 0 Å². The largest absolute Gasteiger partial charge is 0.352 e. The number of nitrogens with zero attached hydrogens (tertiary/aromatic N) is 3. The van der Waals surface area contributed by atoms with E-state index < -0.39 is 0 Å². The first kappa shape index (κ1) is 23.0. The van der Waals surface area contributed by atoms with E-state index in [4.69, 9.17) is 0 Å². The first-order valence-corrected chi connectivity index (χ1v) is 11.0. The van der Waals surface area contributed by atoms with Crippen LogP contribution in [0.25, 0.3) is 0 Å². The molecule has 1 aromatic carbocycles. The van der Waals surface area contributed by atoms with Crippen LogP contribution in [0.1, 0.15) is 27.3 Å². The summed E-state index contributed by atoms with van der Waals surface area (Å²) in [4.78, 5) is 29.2. The lowest BCUT2D eigenvalue weighted by Crippen LogP contribution is -2.50. The molecular weight excluding hydrogens is 388 g/mol. The molecule has 0 radical (unpaired) electrons. The summed E-state index contributed by atoms with van der Waals surface area (Å²) in [7, 11) is 0. The molecule has 0 aliphatic carbocycles. The Labute approximate surface area is 185 Å². The topological polar surface area (TPSA) is 57.6 Å². The number of rotatable bonds is 10. The Kier molecular flexibility index (Phi) is 8.20. The number of benzene rings is 1. The van der Waals surface area contributed by atoms with Gasteiger partial charge in [-0.25, -0.2) is 0 Å². The van der Waals surface area contributed by atoms with Gasteiger partial charge in [-0.15, -0.1) is 6.58 Å². The molecule has 6 nitrogen and oxygen atoms in total. The van der Waals surface area contributed by atoms with Crippen LogP contribution in [0.2, 0.25) is 0 Å². The van der Waals surface area contributed by atoms with Crippen molar-refractivity contribution in [1.82, 2.24) is 19.7 Å². The average molecular weight is 423 g/mol. The standard InChI is InChI=1S/C25H34N4O2/c1-4-11-26-25(31)19-28-15-13-27(14-16-28)18-24(30)23-17-20(2)29(21(23)3)12-10-22-8-6-5-7-9-22/h4-9,17H,1,10-16,18-19H2,2-3H3,(H,26,31). The smallest absolute Gasteiger partial charge is 0.234 e. The van der Waals surface area contributed by atoms with Crippen molar-refractivity contribution in [1.29, 1.82) is 0 Å². The van der Waals surface area contributed by atoms with E-state index in [-0.39, 0.29) is 11.7 Å². The van der Waals surface area contributed by atoms with E-state index in [1.807, 2.05) is 19.1 Å². The van der Waals surface area contributed by atoms with Gasteiger partial charge in [-0.1, -0.05) is 36.4 Å². The molecule has 31 heavy (non-hydrogen) atoms. The van der Waals surface area contributed by atoms with Crippen LogP contribution in [-0.4, -0.2) is 71.9 Å². The molecule has 1 aliphatic rings. The fourth-order valence-corrected chi connectivity index (χ4v) is 4.15. The Morgan fingerprint density at radius 2 is 1.68 bits per heavy atom. The Hall–Kier alpha value is -2.70. The van der Waals surface area contributed by atoms with Gasteiger partial charge < -0.3 is 9.88 Å². The number of carbonyl (C=O) groups is 2. The molecule has 1 N–H and O–H groups in total. The Morgan fingerprint density at radius 1 is 1.03 bits per heavy atom. The third-order valence-corrected chi connectivity index (χ3v) is 5.98. The molecule has 166 valence electrons. The van der Waals surface area contributed by atoms with E-state index in [1.165, 1.54) is 5.56 Å². The Balaban J connectivity index is 1.51. The average Bonchev–Trinajstić information content (AvgIpc) is 3.06. The molecule has 1 saturated heterocycles. The van der Waals surface area contributed by atoms with E-state index in [1.54, 1.807) is 6.08 Å². The zero-order chi connectivity index (χ0) is 22.2. The summed E-state index contributed by atoms with van der Waals surface area (Å²) in [5.41, 5.74) is 4.32. The first-order valence-electron chi connectivity index (χ1n) is 11.0. The number of carbonyl (C=O) groups excluding carboxylic acids is 2. The number of piperazine rings is 1. The van der Waals surface area contributed by atoms with Crippen LogP contribution in [-0.2, 0) is 17.8 Å². The molecule has 6 heteroatoms. The summed E-state index contributed by atoms with van der Waals surface area (Å²) in [6, 6.07) is 12.5. The van der Waals surface area contributed by atoms with E-state index in [2.05, 4.69) is 57.5 Å². The molecule has 1 amide bonds. The number of amides is 1. The minimum Gasteiger partial charge on any atom is -0.352 e. The van der Waals surface area contributed by atoms with Crippen LogP contribution in [0.3, 0.4) is 0 Å². The third-order valence-electron chi connectivity index (χ3n) is 5.98. The van der Waals surface area contributed by atoms with Crippen molar-refractivity contribution in [2.75, 3.05) is 45.8 Å². The maximum atomic E-state index is 13.0. The number of aromatic nitrogens is 1. The van der Waals surface area contributed by atoms with Crippen LogP contribution in [0.15, 0.2) is 49.1 Å². The fraction of sp³-hybridized carbons (Fsp3) is 0.440. The maximum Gasteiger partial charge on any atom is 0.234 e. The van der Waals surface area contributed by atoms with E-state index in [0.29, 0.717) is 19.6 Å². The molecule has 0 atom stereocenters. The lowest BCUT2D eigenvalue weighted by Gasteiger charge is -2.33. The molecule has 0 unspecified atom stereocenters. The van der Waals surface area contributed by atoms with Crippen LogP contribution >= 0.6 is 0 Å². The van der Waals surface area contributed by atoms with Gasteiger partial charge in [0.2, 0.25) is 5.91 Å². The summed E-state index contributed by atoms with van der Waals surface area (Å²) in [5, 5.41) is 2.81. The summed E-state index contributed by atoms with van der Waals surface area (Å²) in [6.45, 7) is 13.1. The first-order chi connectivity index (χ1) is 15.0. The van der Waals surface area contributed by atoms with Crippen molar-refractivity contribution in [3.05, 3.63) is 71.6 Å². The molecule has 0 spiro atoms. The molecule has 3 rings (SSSR count). The molecule has 1 aromatic heterocycles. The van der Waals surface area contributed by atoms with Crippen molar-refractivity contribution < 1.29 is 9.59 Å². The molecule has 2 aromatic rings. The molecule has 2 heterocycles. The van der Waals surface area contributed by atoms with Gasteiger partial charge in [0.1, 0.15) is 0 Å². The molecule has 1 fully saturated rings. The monoisotopic (exact) mass is 422 g/mol. The molecule has 0 saturated carbocycles. The summed E-state index contributed by atoms with van der Waals surface area (Å²) >= 11 is 0. The summed E-state index contributed by atoms with van der Waals surface area (Å²) < 4.78 is 2.25. The number of Topliss-reactive ketones (excluding diaryl/α,β-unsaturated/α-hetero) is 1. The molecular formula is C25H34N4O2. The Morgan fingerprint density at radius 3 is 2.32 bits per heavy atom. The van der Waals surface area contributed by atoms with Crippen LogP contribution in [0, 0.1) is 13.8 Å². The highest BCUT2D eigenvalue weighted by Gasteiger charge is 2.23. The van der Waals surface area contributed by atoms with Crippen molar-refractivity contribution in [3.63, 3.8) is 0 Å². The second-order valence-electron chi connectivity index (χ2n) is 8.24. The van der Waals surface area contributed by atoms with Gasteiger partial charge in [0.15, 0.2) is 5.78 Å². The van der Waals surface area contributed by atoms with Crippen LogP contribution in [0.5, 0.6) is 0 Å². The molecule has 0 bridgehead atoms. The lowest BCUT2D eigenvalue weighted by atomic mass is 10.1. The van der Waals surface area contributed by atoms with Crippen molar-refractivity contribution in [2.45, 2.75) is 26.8 Å². The minimum absolute atomic E-state index is 0.0207. The predicted octanol–water partition coefficient (Wildman–Crippen LogP) is 2.45. The number of aryl methyl sites for hydroxylation is 2. The summed E-state index contributed by atoms with van der Waals surface area (Å²) in [6.07, 6.45) is 2.63. The van der Waals surface area contributed by atoms with Gasteiger partial charge in [0.05, 0.1) is 13.1 Å². The second kappa shape index (κ2) is 11.1. The number of nitrogens with one attached hydrogen (secondary N) is 1. The van der Waals surface area contributed by atoms with Crippen molar-refractivity contribution in [2.24, 2.45) is 0 Å². The fourth-order valence-electron chi connectivity index (χ4n) is 4.15. The molecule has 1 aliphatic heterocycles. The second-order valence-corrected chi connectivity index (χ2v) is 8.24. The number of hydrogen-bond acceptors (Lipinski definition) is 4. The van der Waals surface area contributed by atoms with Gasteiger partial charge in [0.25, 0.3) is 0 Å². The predicted molar refractivity (Wildman–Crippen MR) is 124 cm³/mol. The lowest BCUT2D eigenvalue weighted by molar-refractivity contribution is -0.122. The number of ketones is 1. The van der Waals surface area contributed by atoms with Crippen LogP contribution < -0.4 is 5.32 Å². The number of hydrogen-bond donors (Lipinski definition) is 1. The normalized spacial score (nSPS) is 15.0. The van der Waals surface area contributed by atoms with E-state index in [9.17, 15) is 9.59 Å². The van der Waals surface area contributed by atoms with Gasteiger partial charge in [-0.05, 0) is 31.9 Å². The highest BCUT2D eigenvalue weighted by Crippen LogP contribution is 2.18. The maximum absolute atomic E-state index is 13.0. The van der Waals surface area contributed by atoms with Crippen molar-refractivity contribution >= 4 is 11.7 Å². The minimum atomic E-state index is 0.0207. The van der Waals surface area contributed by atoms with Gasteiger partial charge in [0, 0.05) is 56.2 Å². The van der Waals surface area contributed by atoms with E-state index >= 15 is 0 Å². The van der Waals surface area contributed by atoms with Gasteiger partial charge in [-0.2, -0.15) is 0 Å². The van der Waals surface area contributed by atoms with E-state index in [0.717, 1.165) is 56.1 Å². The SMILES string of the molecule is C=CCNC(=O)CN1CCN(CC(=O)c2cc(C)n(CCc3ccccc3)c2C)CC1. The highest BCUT2D eigenvalue weighted by molar-refractivity contribution is 5.99. The quantitative estimate of drug-likeness (QED) is 0.472. The van der Waals surface area contributed by atoms with Crippen LogP contribution in [0.4, 0.5) is 0 Å². The Bertz CT molecular complexity index is 896. The third kappa shape index (κ3) is 6.39. The van der Waals surface area contributed by atoms with Gasteiger partial charge in [-0.3, -0.25) is 19.4 Å². The summed E-state index contributed by atoms with van der Waals surface area (Å²) in [5.74, 6) is 0.198.